The Labute approximate surface area is 147 Å². The average Bonchev–Trinajstić information content (AvgIpc) is 2.94. The molecule has 1 saturated heterocycles. The number of amides is 1. The Morgan fingerprint density at radius 3 is 3.00 bits per heavy atom. The molecule has 7 heteroatoms. The summed E-state index contributed by atoms with van der Waals surface area (Å²) in [5, 5.41) is 3.38. The molecule has 0 saturated carbocycles. The molecule has 3 N–H and O–H groups in total. The zero-order valence-corrected chi connectivity index (χ0v) is 14.6. The van der Waals surface area contributed by atoms with Gasteiger partial charge in [0.1, 0.15) is 17.4 Å². The maximum Gasteiger partial charge on any atom is 0.290 e. The van der Waals surface area contributed by atoms with Crippen molar-refractivity contribution in [3.8, 4) is 0 Å². The summed E-state index contributed by atoms with van der Waals surface area (Å²) in [5.41, 5.74) is 5.76. The number of hydrogen-bond acceptors (Lipinski definition) is 6. The van der Waals surface area contributed by atoms with Gasteiger partial charge in [-0.05, 0) is 50.6 Å². The van der Waals surface area contributed by atoms with Crippen molar-refractivity contribution in [2.45, 2.75) is 45.2 Å². The van der Waals surface area contributed by atoms with Crippen LogP contribution in [0.25, 0.3) is 0 Å². The lowest BCUT2D eigenvalue weighted by molar-refractivity contribution is 0.0604. The fourth-order valence-corrected chi connectivity index (χ4v) is 3.15. The number of aromatic nitrogens is 2. The summed E-state index contributed by atoms with van der Waals surface area (Å²) in [6.07, 6.45) is 5.26. The number of furan rings is 1. The normalized spacial score (nSPS) is 17.9. The third kappa shape index (κ3) is 4.36. The highest BCUT2D eigenvalue weighted by atomic mass is 16.4. The lowest BCUT2D eigenvalue weighted by atomic mass is 10.1. The first kappa shape index (κ1) is 17.4. The minimum atomic E-state index is -0.113. The van der Waals surface area contributed by atoms with Crippen molar-refractivity contribution in [2.24, 2.45) is 0 Å². The van der Waals surface area contributed by atoms with Crippen LogP contribution >= 0.6 is 0 Å². The van der Waals surface area contributed by atoms with E-state index in [9.17, 15) is 4.79 Å². The molecule has 2 aromatic rings. The standard InChI is InChI=1S/C18H25N5O2/c1-2-14-5-6-15(25-14)18(24)23(13-4-3-9-20-10-7-13)12-17-21-11-8-16(19)22-17/h5-6,8,11,13,20H,2-4,7,9-10,12H2,1H3,(H2,19,21,22)/t13-/m1/s1. The highest BCUT2D eigenvalue weighted by molar-refractivity contribution is 5.91. The molecule has 134 valence electrons. The van der Waals surface area contributed by atoms with Crippen LogP contribution in [0.5, 0.6) is 0 Å². The van der Waals surface area contributed by atoms with Crippen LogP contribution in [0.2, 0.25) is 0 Å². The molecule has 1 fully saturated rings. The molecule has 3 rings (SSSR count). The number of aryl methyl sites for hydroxylation is 1. The van der Waals surface area contributed by atoms with Gasteiger partial charge in [-0.1, -0.05) is 6.92 Å². The van der Waals surface area contributed by atoms with Gasteiger partial charge in [0.25, 0.3) is 5.91 Å². The molecular formula is C18H25N5O2. The SMILES string of the molecule is CCc1ccc(C(=O)N(Cc2nccc(N)n2)[C@@H]2CCCNCC2)o1. The first-order valence-corrected chi connectivity index (χ1v) is 8.85. The number of nitrogens with zero attached hydrogens (tertiary/aromatic N) is 3. The monoisotopic (exact) mass is 343 g/mol. The molecule has 0 radical (unpaired) electrons. The van der Waals surface area contributed by atoms with Crippen LogP contribution in [0.1, 0.15) is 48.3 Å². The summed E-state index contributed by atoms with van der Waals surface area (Å²) in [6, 6.07) is 5.38. The molecule has 0 aliphatic carbocycles. The molecule has 0 unspecified atom stereocenters. The Kier molecular flexibility index (Phi) is 5.65. The number of nitrogen functional groups attached to an aromatic ring is 1. The number of nitrogens with one attached hydrogen (secondary N) is 1. The molecule has 1 atom stereocenters. The largest absolute Gasteiger partial charge is 0.456 e. The number of carbonyl (C=O) groups excluding carboxylic acids is 1. The Morgan fingerprint density at radius 2 is 2.24 bits per heavy atom. The summed E-state index contributed by atoms with van der Waals surface area (Å²) in [6.45, 7) is 4.21. The van der Waals surface area contributed by atoms with Crippen LogP contribution in [-0.2, 0) is 13.0 Å². The fourth-order valence-electron chi connectivity index (χ4n) is 3.15. The van der Waals surface area contributed by atoms with Crippen LogP contribution in [0.15, 0.2) is 28.8 Å². The molecule has 1 aliphatic heterocycles. The highest BCUT2D eigenvalue weighted by Gasteiger charge is 2.28. The summed E-state index contributed by atoms with van der Waals surface area (Å²) < 4.78 is 5.69. The molecule has 0 bridgehead atoms. The van der Waals surface area contributed by atoms with Crippen LogP contribution in [-0.4, -0.2) is 39.9 Å². The van der Waals surface area contributed by atoms with E-state index in [4.69, 9.17) is 10.2 Å². The molecule has 2 aromatic heterocycles. The van der Waals surface area contributed by atoms with Crippen molar-refractivity contribution in [3.63, 3.8) is 0 Å². The molecule has 0 spiro atoms. The van der Waals surface area contributed by atoms with E-state index in [0.29, 0.717) is 23.9 Å². The molecule has 1 amide bonds. The summed E-state index contributed by atoms with van der Waals surface area (Å²) in [5.74, 6) is 2.03. The maximum absolute atomic E-state index is 13.1. The van der Waals surface area contributed by atoms with E-state index in [-0.39, 0.29) is 11.9 Å². The second-order valence-electron chi connectivity index (χ2n) is 6.29. The topological polar surface area (TPSA) is 97.3 Å². The van der Waals surface area contributed by atoms with Crippen molar-refractivity contribution in [3.05, 3.63) is 41.7 Å². The van der Waals surface area contributed by atoms with Gasteiger partial charge in [0, 0.05) is 18.7 Å². The van der Waals surface area contributed by atoms with Gasteiger partial charge in [0.05, 0.1) is 6.54 Å². The van der Waals surface area contributed by atoms with E-state index in [2.05, 4.69) is 15.3 Å². The van der Waals surface area contributed by atoms with Gasteiger partial charge in [0.15, 0.2) is 5.76 Å². The molecule has 25 heavy (non-hydrogen) atoms. The third-order valence-corrected chi connectivity index (χ3v) is 4.51. The Balaban J connectivity index is 1.85. The Bertz CT molecular complexity index is 707. The second kappa shape index (κ2) is 8.11. The number of rotatable bonds is 5. The quantitative estimate of drug-likeness (QED) is 0.862. The second-order valence-corrected chi connectivity index (χ2v) is 6.29. The molecule has 0 aromatic carbocycles. The van der Waals surface area contributed by atoms with E-state index < -0.39 is 0 Å². The molecule has 7 nitrogen and oxygen atoms in total. The van der Waals surface area contributed by atoms with Gasteiger partial charge in [-0.3, -0.25) is 4.79 Å². The first-order valence-electron chi connectivity index (χ1n) is 8.85. The highest BCUT2D eigenvalue weighted by Crippen LogP contribution is 2.20. The Morgan fingerprint density at radius 1 is 1.36 bits per heavy atom. The van der Waals surface area contributed by atoms with Crippen LogP contribution in [0, 0.1) is 0 Å². The van der Waals surface area contributed by atoms with Crippen LogP contribution in [0.3, 0.4) is 0 Å². The van der Waals surface area contributed by atoms with Crippen molar-refractivity contribution >= 4 is 11.7 Å². The van der Waals surface area contributed by atoms with Gasteiger partial charge < -0.3 is 20.4 Å². The average molecular weight is 343 g/mol. The van der Waals surface area contributed by atoms with Gasteiger partial charge in [-0.25, -0.2) is 9.97 Å². The van der Waals surface area contributed by atoms with Crippen molar-refractivity contribution in [2.75, 3.05) is 18.8 Å². The summed E-state index contributed by atoms with van der Waals surface area (Å²) >= 11 is 0. The van der Waals surface area contributed by atoms with E-state index >= 15 is 0 Å². The zero-order valence-electron chi connectivity index (χ0n) is 14.6. The van der Waals surface area contributed by atoms with Crippen LogP contribution in [0.4, 0.5) is 5.82 Å². The minimum absolute atomic E-state index is 0.113. The first-order chi connectivity index (χ1) is 12.2. The lowest BCUT2D eigenvalue weighted by Gasteiger charge is -2.30. The summed E-state index contributed by atoms with van der Waals surface area (Å²) in [7, 11) is 0. The zero-order chi connectivity index (χ0) is 17.6. The van der Waals surface area contributed by atoms with Gasteiger partial charge in [-0.15, -0.1) is 0 Å². The predicted octanol–water partition coefficient (Wildman–Crippen LogP) is 2.00. The van der Waals surface area contributed by atoms with Gasteiger partial charge >= 0.3 is 0 Å². The summed E-state index contributed by atoms with van der Waals surface area (Å²) in [4.78, 5) is 23.5. The van der Waals surface area contributed by atoms with E-state index in [1.54, 1.807) is 18.3 Å². The van der Waals surface area contributed by atoms with Gasteiger partial charge in [-0.2, -0.15) is 0 Å². The number of hydrogen-bond donors (Lipinski definition) is 2. The van der Waals surface area contributed by atoms with E-state index in [1.165, 1.54) is 0 Å². The third-order valence-electron chi connectivity index (χ3n) is 4.51. The van der Waals surface area contributed by atoms with Crippen LogP contribution < -0.4 is 11.1 Å². The molecule has 1 aliphatic rings. The number of nitrogens with two attached hydrogens (primary N) is 1. The van der Waals surface area contributed by atoms with Crippen molar-refractivity contribution in [1.82, 2.24) is 20.2 Å². The minimum Gasteiger partial charge on any atom is -0.456 e. The molecule has 3 heterocycles. The van der Waals surface area contributed by atoms with Gasteiger partial charge in [0.2, 0.25) is 0 Å². The van der Waals surface area contributed by atoms with Crippen molar-refractivity contribution in [1.29, 1.82) is 0 Å². The number of carbonyl (C=O) groups is 1. The van der Waals surface area contributed by atoms with E-state index in [0.717, 1.165) is 44.5 Å². The van der Waals surface area contributed by atoms with Crippen molar-refractivity contribution < 1.29 is 9.21 Å². The predicted molar refractivity (Wildman–Crippen MR) is 94.9 cm³/mol. The maximum atomic E-state index is 13.1. The lowest BCUT2D eigenvalue weighted by Crippen LogP contribution is -2.40. The Hall–Kier alpha value is -2.41. The fraction of sp³-hybridized carbons (Fsp3) is 0.500. The number of anilines is 1. The van der Waals surface area contributed by atoms with E-state index in [1.807, 2.05) is 17.9 Å². The smallest absolute Gasteiger partial charge is 0.290 e. The molecular weight excluding hydrogens is 318 g/mol.